The van der Waals surface area contributed by atoms with Crippen LogP contribution in [0.25, 0.3) is 0 Å². The predicted molar refractivity (Wildman–Crippen MR) is 52.2 cm³/mol. The molecule has 1 rings (SSSR count). The van der Waals surface area contributed by atoms with Crippen LogP contribution in [0, 0.1) is 5.92 Å². The van der Waals surface area contributed by atoms with Crippen LogP contribution >= 0.6 is 0 Å². The number of hydrogen-bond donors (Lipinski definition) is 1. The van der Waals surface area contributed by atoms with Gasteiger partial charge in [-0.05, 0) is 37.7 Å². The predicted octanol–water partition coefficient (Wildman–Crippen LogP) is 2.21. The molecule has 0 heterocycles. The van der Waals surface area contributed by atoms with Crippen molar-refractivity contribution in [1.29, 1.82) is 0 Å². The minimum Gasteiger partial charge on any atom is -0.411 e. The second-order valence-corrected chi connectivity index (χ2v) is 3.50. The molecule has 74 valence electrons. The molecule has 0 saturated carbocycles. The number of hydrogen-bond acceptors (Lipinski definition) is 3. The summed E-state index contributed by atoms with van der Waals surface area (Å²) in [5.41, 5.74) is 1.13. The van der Waals surface area contributed by atoms with E-state index in [0.717, 1.165) is 24.8 Å². The number of ether oxygens (including phenoxy) is 1. The third kappa shape index (κ3) is 2.84. The van der Waals surface area contributed by atoms with E-state index in [-0.39, 0.29) is 0 Å². The van der Waals surface area contributed by atoms with Crippen LogP contribution < -0.4 is 0 Å². The van der Waals surface area contributed by atoms with Crippen LogP contribution in [-0.4, -0.2) is 24.6 Å². The van der Waals surface area contributed by atoms with E-state index in [1.165, 1.54) is 6.21 Å². The molecule has 3 heteroatoms. The Kier molecular flexibility index (Phi) is 3.96. The first-order chi connectivity index (χ1) is 6.27. The zero-order chi connectivity index (χ0) is 9.68. The van der Waals surface area contributed by atoms with Gasteiger partial charge in [0, 0.05) is 7.11 Å². The van der Waals surface area contributed by atoms with Crippen LogP contribution in [0.5, 0.6) is 0 Å². The Labute approximate surface area is 79.1 Å². The van der Waals surface area contributed by atoms with Crippen molar-refractivity contribution >= 4 is 6.21 Å². The molecule has 0 aromatic rings. The maximum atomic E-state index is 8.34. The number of methoxy groups -OCH3 is 1. The van der Waals surface area contributed by atoms with Gasteiger partial charge in [0.15, 0.2) is 0 Å². The van der Waals surface area contributed by atoms with Gasteiger partial charge in [0.25, 0.3) is 0 Å². The largest absolute Gasteiger partial charge is 0.411 e. The molecule has 0 amide bonds. The van der Waals surface area contributed by atoms with Crippen molar-refractivity contribution in [3.8, 4) is 0 Å². The lowest BCUT2D eigenvalue weighted by Crippen LogP contribution is -2.21. The topological polar surface area (TPSA) is 41.8 Å². The van der Waals surface area contributed by atoms with Gasteiger partial charge in [-0.3, -0.25) is 0 Å². The molecule has 13 heavy (non-hydrogen) atoms. The van der Waals surface area contributed by atoms with Gasteiger partial charge in [-0.15, -0.1) is 0 Å². The number of nitrogens with zero attached hydrogens (tertiary/aromatic N) is 1. The smallest absolute Gasteiger partial charge is 0.0690 e. The zero-order valence-corrected chi connectivity index (χ0v) is 8.23. The fourth-order valence-electron chi connectivity index (χ4n) is 1.68. The molecule has 0 fully saturated rings. The fraction of sp³-hybridized carbons (Fsp3) is 0.700. The van der Waals surface area contributed by atoms with Crippen LogP contribution in [0.1, 0.15) is 26.2 Å². The molecule has 1 N–H and O–H groups in total. The van der Waals surface area contributed by atoms with Gasteiger partial charge in [-0.1, -0.05) is 11.2 Å². The van der Waals surface area contributed by atoms with E-state index in [1.807, 2.05) is 0 Å². The maximum absolute atomic E-state index is 8.34. The SMILES string of the molecule is COC(C)C1CC=C(/C=N/O)CC1. The molecule has 0 aliphatic heterocycles. The first-order valence-electron chi connectivity index (χ1n) is 4.67. The summed E-state index contributed by atoms with van der Waals surface area (Å²) in [7, 11) is 1.75. The second-order valence-electron chi connectivity index (χ2n) is 3.50. The van der Waals surface area contributed by atoms with Gasteiger partial charge in [0.05, 0.1) is 12.3 Å². The minimum absolute atomic E-state index is 0.323. The van der Waals surface area contributed by atoms with Gasteiger partial charge in [-0.2, -0.15) is 0 Å². The van der Waals surface area contributed by atoms with E-state index in [9.17, 15) is 0 Å². The second kappa shape index (κ2) is 5.02. The molecule has 0 spiro atoms. The summed E-state index contributed by atoms with van der Waals surface area (Å²) in [6.07, 6.45) is 7.10. The summed E-state index contributed by atoms with van der Waals surface area (Å²) in [5, 5.41) is 11.4. The molecule has 2 unspecified atom stereocenters. The lowest BCUT2D eigenvalue weighted by Gasteiger charge is -2.25. The summed E-state index contributed by atoms with van der Waals surface area (Å²) < 4.78 is 5.27. The van der Waals surface area contributed by atoms with E-state index in [1.54, 1.807) is 7.11 Å². The minimum atomic E-state index is 0.323. The molecule has 0 bridgehead atoms. The average molecular weight is 183 g/mol. The lowest BCUT2D eigenvalue weighted by atomic mass is 9.86. The molecule has 1 aliphatic carbocycles. The van der Waals surface area contributed by atoms with Gasteiger partial charge < -0.3 is 9.94 Å². The van der Waals surface area contributed by atoms with E-state index in [2.05, 4.69) is 18.2 Å². The molecular formula is C10H17NO2. The van der Waals surface area contributed by atoms with Crippen LogP contribution in [0.3, 0.4) is 0 Å². The third-order valence-corrected chi connectivity index (χ3v) is 2.75. The molecule has 3 nitrogen and oxygen atoms in total. The first kappa shape index (κ1) is 10.3. The maximum Gasteiger partial charge on any atom is 0.0690 e. The monoisotopic (exact) mass is 183 g/mol. The molecule has 0 aromatic carbocycles. The molecular weight excluding hydrogens is 166 g/mol. The number of rotatable bonds is 3. The summed E-state index contributed by atoms with van der Waals surface area (Å²) in [6.45, 7) is 2.10. The van der Waals surface area contributed by atoms with E-state index in [0.29, 0.717) is 12.0 Å². The van der Waals surface area contributed by atoms with Crippen LogP contribution in [-0.2, 0) is 4.74 Å². The molecule has 0 saturated heterocycles. The van der Waals surface area contributed by atoms with Crippen molar-refractivity contribution in [2.75, 3.05) is 7.11 Å². The normalized spacial score (nSPS) is 26.0. The highest BCUT2D eigenvalue weighted by Gasteiger charge is 2.19. The molecule has 0 radical (unpaired) electrons. The van der Waals surface area contributed by atoms with E-state index < -0.39 is 0 Å². The fourth-order valence-corrected chi connectivity index (χ4v) is 1.68. The standard InChI is InChI=1S/C10H17NO2/c1-8(13-2)10-5-3-9(4-6-10)7-11-12/h3,7-8,10,12H,4-6H2,1-2H3/b11-7+. The van der Waals surface area contributed by atoms with Crippen molar-refractivity contribution in [3.63, 3.8) is 0 Å². The summed E-state index contributed by atoms with van der Waals surface area (Å²) in [5.74, 6) is 0.612. The molecule has 0 aromatic heterocycles. The van der Waals surface area contributed by atoms with Gasteiger partial charge in [0.2, 0.25) is 0 Å². The summed E-state index contributed by atoms with van der Waals surface area (Å²) in [4.78, 5) is 0. The van der Waals surface area contributed by atoms with Crippen LogP contribution in [0.2, 0.25) is 0 Å². The average Bonchev–Trinajstić information content (AvgIpc) is 2.18. The lowest BCUT2D eigenvalue weighted by molar-refractivity contribution is 0.0627. The summed E-state index contributed by atoms with van der Waals surface area (Å²) >= 11 is 0. The van der Waals surface area contributed by atoms with Crippen molar-refractivity contribution in [2.24, 2.45) is 11.1 Å². The Morgan fingerprint density at radius 3 is 3.00 bits per heavy atom. The quantitative estimate of drug-likeness (QED) is 0.414. The van der Waals surface area contributed by atoms with Crippen molar-refractivity contribution < 1.29 is 9.94 Å². The van der Waals surface area contributed by atoms with Crippen molar-refractivity contribution in [1.82, 2.24) is 0 Å². The van der Waals surface area contributed by atoms with Crippen LogP contribution in [0.4, 0.5) is 0 Å². The number of oxime groups is 1. The molecule has 2 atom stereocenters. The van der Waals surface area contributed by atoms with Gasteiger partial charge in [-0.25, -0.2) is 0 Å². The highest BCUT2D eigenvalue weighted by Crippen LogP contribution is 2.26. The Bertz CT molecular complexity index is 211. The zero-order valence-electron chi connectivity index (χ0n) is 8.23. The first-order valence-corrected chi connectivity index (χ1v) is 4.67. The third-order valence-electron chi connectivity index (χ3n) is 2.75. The van der Waals surface area contributed by atoms with E-state index in [4.69, 9.17) is 9.94 Å². The Hall–Kier alpha value is -0.830. The highest BCUT2D eigenvalue weighted by molar-refractivity contribution is 5.78. The summed E-state index contributed by atoms with van der Waals surface area (Å²) in [6, 6.07) is 0. The highest BCUT2D eigenvalue weighted by atomic mass is 16.5. The molecule has 1 aliphatic rings. The Morgan fingerprint density at radius 1 is 1.77 bits per heavy atom. The Morgan fingerprint density at radius 2 is 2.54 bits per heavy atom. The van der Waals surface area contributed by atoms with E-state index >= 15 is 0 Å². The van der Waals surface area contributed by atoms with Crippen molar-refractivity contribution in [3.05, 3.63) is 11.6 Å². The van der Waals surface area contributed by atoms with Crippen molar-refractivity contribution in [2.45, 2.75) is 32.3 Å². The van der Waals surface area contributed by atoms with Crippen LogP contribution in [0.15, 0.2) is 16.8 Å². The van der Waals surface area contributed by atoms with Gasteiger partial charge in [0.1, 0.15) is 0 Å². The van der Waals surface area contributed by atoms with Gasteiger partial charge >= 0.3 is 0 Å². The Balaban J connectivity index is 2.46. The number of allylic oxidation sites excluding steroid dienone is 2.